The number of carbonyl (C=O) groups is 1. The Hall–Kier alpha value is -1.46. The predicted molar refractivity (Wildman–Crippen MR) is 79.8 cm³/mol. The molecule has 3 N–H and O–H groups in total. The van der Waals surface area contributed by atoms with Gasteiger partial charge < -0.3 is 16.0 Å². The third-order valence-corrected chi connectivity index (χ3v) is 5.50. The van der Waals surface area contributed by atoms with Gasteiger partial charge in [-0.3, -0.25) is 4.79 Å². The van der Waals surface area contributed by atoms with E-state index in [1.165, 1.54) is 24.8 Å². The third-order valence-electron chi connectivity index (χ3n) is 5.50. The molecule has 3 aliphatic rings. The number of likely N-dealkylation sites (tertiary alicyclic amines) is 1. The lowest BCUT2D eigenvalue weighted by molar-refractivity contribution is 0.0721. The highest BCUT2D eigenvalue weighted by atomic mass is 16.2. The number of amides is 1. The predicted octanol–water partition coefficient (Wildman–Crippen LogP) is 0.681. The number of aromatic nitrogens is 1. The first-order chi connectivity index (χ1) is 10.2. The molecule has 1 unspecified atom stereocenters. The standard InChI is InChI=1S/C16H22N4O/c17-14-9-20(10-16(14)5-1-6-16)15(21)12-3-2-11-4-7-18-8-13(11)19-12/h2-3,14,18H,1,4-10,17H2. The van der Waals surface area contributed by atoms with Crippen molar-refractivity contribution < 1.29 is 4.79 Å². The first-order valence-corrected chi connectivity index (χ1v) is 7.92. The Morgan fingerprint density at radius 3 is 3.00 bits per heavy atom. The molecular formula is C16H22N4O. The van der Waals surface area contributed by atoms with Gasteiger partial charge in [0.15, 0.2) is 0 Å². The number of hydrogen-bond acceptors (Lipinski definition) is 4. The fraction of sp³-hybridized carbons (Fsp3) is 0.625. The van der Waals surface area contributed by atoms with Crippen LogP contribution in [-0.2, 0) is 13.0 Å². The number of pyridine rings is 1. The molecule has 1 spiro atoms. The van der Waals surface area contributed by atoms with E-state index >= 15 is 0 Å². The highest BCUT2D eigenvalue weighted by molar-refractivity contribution is 5.92. The minimum absolute atomic E-state index is 0.0441. The molecule has 1 saturated heterocycles. The monoisotopic (exact) mass is 286 g/mol. The zero-order chi connectivity index (χ0) is 14.4. The molecule has 0 radical (unpaired) electrons. The number of fused-ring (bicyclic) bond motifs is 1. The van der Waals surface area contributed by atoms with Crippen LogP contribution in [0.25, 0.3) is 0 Å². The summed E-state index contributed by atoms with van der Waals surface area (Å²) in [4.78, 5) is 19.2. The number of nitrogens with two attached hydrogens (primary N) is 1. The van der Waals surface area contributed by atoms with Gasteiger partial charge in [0, 0.05) is 31.1 Å². The molecule has 5 heteroatoms. The number of rotatable bonds is 1. The van der Waals surface area contributed by atoms with E-state index in [4.69, 9.17) is 5.73 Å². The summed E-state index contributed by atoms with van der Waals surface area (Å²) in [6, 6.07) is 4.07. The molecule has 1 aromatic heterocycles. The minimum Gasteiger partial charge on any atom is -0.335 e. The molecule has 1 aliphatic carbocycles. The van der Waals surface area contributed by atoms with Gasteiger partial charge in [0.05, 0.1) is 5.69 Å². The third kappa shape index (κ3) is 2.07. The van der Waals surface area contributed by atoms with E-state index in [1.54, 1.807) is 0 Å². The molecule has 1 amide bonds. The molecular weight excluding hydrogens is 264 g/mol. The molecule has 5 nitrogen and oxygen atoms in total. The Balaban J connectivity index is 1.55. The van der Waals surface area contributed by atoms with E-state index in [-0.39, 0.29) is 17.4 Å². The average Bonchev–Trinajstić information content (AvgIpc) is 2.84. The first kappa shape index (κ1) is 13.2. The van der Waals surface area contributed by atoms with Gasteiger partial charge in [0.2, 0.25) is 0 Å². The van der Waals surface area contributed by atoms with E-state index < -0.39 is 0 Å². The summed E-state index contributed by atoms with van der Waals surface area (Å²) in [6.45, 7) is 3.24. The van der Waals surface area contributed by atoms with Crippen molar-refractivity contribution >= 4 is 5.91 Å². The fourth-order valence-electron chi connectivity index (χ4n) is 3.93. The van der Waals surface area contributed by atoms with Gasteiger partial charge in [0.1, 0.15) is 5.69 Å². The van der Waals surface area contributed by atoms with Gasteiger partial charge in [0.25, 0.3) is 5.91 Å². The lowest BCUT2D eigenvalue weighted by Crippen LogP contribution is -2.45. The van der Waals surface area contributed by atoms with Crippen LogP contribution in [0.2, 0.25) is 0 Å². The zero-order valence-electron chi connectivity index (χ0n) is 12.3. The average molecular weight is 286 g/mol. The number of hydrogen-bond donors (Lipinski definition) is 2. The summed E-state index contributed by atoms with van der Waals surface area (Å²) < 4.78 is 0. The molecule has 21 heavy (non-hydrogen) atoms. The first-order valence-electron chi connectivity index (χ1n) is 7.92. The van der Waals surface area contributed by atoms with E-state index in [2.05, 4.69) is 16.4 Å². The van der Waals surface area contributed by atoms with E-state index in [1.807, 2.05) is 11.0 Å². The fourth-order valence-corrected chi connectivity index (χ4v) is 3.93. The topological polar surface area (TPSA) is 71.2 Å². The summed E-state index contributed by atoms with van der Waals surface area (Å²) in [5, 5.41) is 3.31. The van der Waals surface area contributed by atoms with Gasteiger partial charge in [-0.05, 0) is 37.4 Å². The molecule has 1 atom stereocenters. The number of nitrogens with one attached hydrogen (secondary N) is 1. The van der Waals surface area contributed by atoms with Gasteiger partial charge in [-0.15, -0.1) is 0 Å². The van der Waals surface area contributed by atoms with Crippen LogP contribution < -0.4 is 11.1 Å². The molecule has 112 valence electrons. The minimum atomic E-state index is 0.0441. The summed E-state index contributed by atoms with van der Waals surface area (Å²) >= 11 is 0. The maximum absolute atomic E-state index is 12.7. The van der Waals surface area contributed by atoms with Crippen LogP contribution in [0.15, 0.2) is 12.1 Å². The summed E-state index contributed by atoms with van der Waals surface area (Å²) in [7, 11) is 0. The SMILES string of the molecule is NC1CN(C(=O)c2ccc3c(n2)CNCC3)CC12CCC2. The van der Waals surface area contributed by atoms with Crippen molar-refractivity contribution in [1.29, 1.82) is 0 Å². The quantitative estimate of drug-likeness (QED) is 0.796. The van der Waals surface area contributed by atoms with Crippen LogP contribution in [0.1, 0.15) is 41.0 Å². The Morgan fingerprint density at radius 2 is 2.29 bits per heavy atom. The van der Waals surface area contributed by atoms with Crippen LogP contribution in [0, 0.1) is 5.41 Å². The molecule has 1 aromatic rings. The van der Waals surface area contributed by atoms with E-state index in [0.29, 0.717) is 12.2 Å². The molecule has 0 aromatic carbocycles. The van der Waals surface area contributed by atoms with Crippen LogP contribution in [0.5, 0.6) is 0 Å². The summed E-state index contributed by atoms with van der Waals surface area (Å²) in [6.07, 6.45) is 4.58. The maximum Gasteiger partial charge on any atom is 0.272 e. The Bertz CT molecular complexity index is 582. The molecule has 1 saturated carbocycles. The molecule has 0 bridgehead atoms. The second-order valence-corrected chi connectivity index (χ2v) is 6.74. The highest BCUT2D eigenvalue weighted by Crippen LogP contribution is 2.47. The van der Waals surface area contributed by atoms with Gasteiger partial charge >= 0.3 is 0 Å². The maximum atomic E-state index is 12.7. The van der Waals surface area contributed by atoms with Gasteiger partial charge in [-0.25, -0.2) is 4.98 Å². The smallest absolute Gasteiger partial charge is 0.272 e. The molecule has 3 heterocycles. The Morgan fingerprint density at radius 1 is 1.43 bits per heavy atom. The van der Waals surface area contributed by atoms with E-state index in [9.17, 15) is 4.79 Å². The highest BCUT2D eigenvalue weighted by Gasteiger charge is 2.50. The lowest BCUT2D eigenvalue weighted by Gasteiger charge is -2.41. The zero-order valence-corrected chi connectivity index (χ0v) is 12.3. The van der Waals surface area contributed by atoms with Crippen molar-refractivity contribution in [1.82, 2.24) is 15.2 Å². The van der Waals surface area contributed by atoms with Crippen LogP contribution in [0.4, 0.5) is 0 Å². The van der Waals surface area contributed by atoms with Gasteiger partial charge in [-0.2, -0.15) is 0 Å². The summed E-state index contributed by atoms with van der Waals surface area (Å²) in [5.74, 6) is 0.0441. The Kier molecular flexibility index (Phi) is 3.01. The number of nitrogens with zero attached hydrogens (tertiary/aromatic N) is 2. The van der Waals surface area contributed by atoms with Crippen molar-refractivity contribution in [2.45, 2.75) is 38.3 Å². The van der Waals surface area contributed by atoms with Crippen molar-refractivity contribution in [3.8, 4) is 0 Å². The summed E-state index contributed by atoms with van der Waals surface area (Å²) in [5.41, 5.74) is 9.32. The van der Waals surface area contributed by atoms with E-state index in [0.717, 1.165) is 31.7 Å². The Labute approximate surface area is 124 Å². The van der Waals surface area contributed by atoms with Crippen molar-refractivity contribution in [2.75, 3.05) is 19.6 Å². The number of carbonyl (C=O) groups excluding carboxylic acids is 1. The van der Waals surface area contributed by atoms with Crippen molar-refractivity contribution in [3.63, 3.8) is 0 Å². The molecule has 2 fully saturated rings. The van der Waals surface area contributed by atoms with Crippen LogP contribution in [0.3, 0.4) is 0 Å². The largest absolute Gasteiger partial charge is 0.335 e. The van der Waals surface area contributed by atoms with Gasteiger partial charge in [-0.1, -0.05) is 12.5 Å². The van der Waals surface area contributed by atoms with Crippen LogP contribution in [-0.4, -0.2) is 41.5 Å². The second kappa shape index (κ2) is 4.78. The van der Waals surface area contributed by atoms with Crippen molar-refractivity contribution in [2.24, 2.45) is 11.1 Å². The normalized spacial score (nSPS) is 26.5. The second-order valence-electron chi connectivity index (χ2n) is 6.74. The molecule has 2 aliphatic heterocycles. The van der Waals surface area contributed by atoms with Crippen LogP contribution >= 0.6 is 0 Å². The van der Waals surface area contributed by atoms with Crippen molar-refractivity contribution in [3.05, 3.63) is 29.1 Å². The lowest BCUT2D eigenvalue weighted by atomic mass is 9.66. The molecule has 4 rings (SSSR count).